The highest BCUT2D eigenvalue weighted by Gasteiger charge is 2.29. The average Bonchev–Trinajstić information content (AvgIpc) is 2.90. The van der Waals surface area contributed by atoms with Gasteiger partial charge < -0.3 is 9.30 Å². The van der Waals surface area contributed by atoms with Gasteiger partial charge in [-0.2, -0.15) is 0 Å². The average molecular weight is 272 g/mol. The number of ether oxygens (including phenoxy) is 1. The number of pyridine rings is 1. The topological polar surface area (TPSA) is 69.9 Å². The molecule has 0 bridgehead atoms. The summed E-state index contributed by atoms with van der Waals surface area (Å²) in [7, 11) is 1.42. The number of aryl methyl sites for hydroxylation is 2. The maximum atomic E-state index is 11.7. The van der Waals surface area contributed by atoms with Crippen LogP contribution in [-0.2, 0) is 22.5 Å². The van der Waals surface area contributed by atoms with Crippen molar-refractivity contribution >= 4 is 5.97 Å². The van der Waals surface area contributed by atoms with Crippen molar-refractivity contribution in [1.82, 2.24) is 19.7 Å². The molecule has 2 aromatic heterocycles. The molecule has 2 aromatic rings. The lowest BCUT2D eigenvalue weighted by molar-refractivity contribution is -0.146. The first-order valence-corrected chi connectivity index (χ1v) is 6.62. The minimum Gasteiger partial charge on any atom is -0.469 e. The third-order valence-electron chi connectivity index (χ3n) is 3.70. The number of fused-ring (bicyclic) bond motifs is 1. The summed E-state index contributed by atoms with van der Waals surface area (Å²) in [4.78, 5) is 16.1. The first-order chi connectivity index (χ1) is 9.70. The third kappa shape index (κ3) is 2.07. The molecule has 0 saturated heterocycles. The molecule has 0 N–H and O–H groups in total. The van der Waals surface area contributed by atoms with E-state index in [2.05, 4.69) is 15.2 Å². The van der Waals surface area contributed by atoms with E-state index in [1.165, 1.54) is 7.11 Å². The van der Waals surface area contributed by atoms with Crippen LogP contribution in [0.5, 0.6) is 0 Å². The molecule has 6 heteroatoms. The minimum atomic E-state index is -0.173. The van der Waals surface area contributed by atoms with Crippen molar-refractivity contribution in [2.24, 2.45) is 5.92 Å². The van der Waals surface area contributed by atoms with Gasteiger partial charge in [-0.25, -0.2) is 0 Å². The van der Waals surface area contributed by atoms with E-state index in [0.29, 0.717) is 6.54 Å². The smallest absolute Gasteiger partial charge is 0.310 e. The predicted octanol–water partition coefficient (Wildman–Crippen LogP) is 1.38. The largest absolute Gasteiger partial charge is 0.469 e. The van der Waals surface area contributed by atoms with Crippen LogP contribution in [0.1, 0.15) is 17.8 Å². The van der Waals surface area contributed by atoms with Gasteiger partial charge in [0.05, 0.1) is 13.0 Å². The van der Waals surface area contributed by atoms with Crippen molar-refractivity contribution in [3.05, 3.63) is 29.7 Å². The van der Waals surface area contributed by atoms with Crippen molar-refractivity contribution in [1.29, 1.82) is 0 Å². The molecule has 6 nitrogen and oxygen atoms in total. The molecule has 104 valence electrons. The molecule has 0 saturated carbocycles. The molecule has 0 aromatic carbocycles. The zero-order valence-electron chi connectivity index (χ0n) is 11.5. The number of hydrogen-bond donors (Lipinski definition) is 0. The standard InChI is InChI=1S/C14H16N4O2/c1-9-4-3-7-15-12(9)13-17-16-11-6-5-10(8-18(11)13)14(19)20-2/h3-4,7,10H,5-6,8H2,1-2H3. The summed E-state index contributed by atoms with van der Waals surface area (Å²) in [5.74, 6) is 1.33. The minimum absolute atomic E-state index is 0.133. The first kappa shape index (κ1) is 12.8. The van der Waals surface area contributed by atoms with Crippen molar-refractivity contribution in [2.45, 2.75) is 26.3 Å². The molecular formula is C14H16N4O2. The SMILES string of the molecule is COC(=O)C1CCc2nnc(-c3ncccc3C)n2C1. The fourth-order valence-electron chi connectivity index (χ4n) is 2.58. The summed E-state index contributed by atoms with van der Waals surface area (Å²) < 4.78 is 6.83. The van der Waals surface area contributed by atoms with Gasteiger partial charge in [0.2, 0.25) is 0 Å². The Bertz CT molecular complexity index is 650. The van der Waals surface area contributed by atoms with Gasteiger partial charge in [-0.15, -0.1) is 10.2 Å². The number of methoxy groups -OCH3 is 1. The van der Waals surface area contributed by atoms with Crippen LogP contribution in [0.15, 0.2) is 18.3 Å². The second-order valence-corrected chi connectivity index (χ2v) is 4.98. The van der Waals surface area contributed by atoms with Crippen LogP contribution < -0.4 is 0 Å². The lowest BCUT2D eigenvalue weighted by atomic mass is 9.99. The van der Waals surface area contributed by atoms with E-state index in [-0.39, 0.29) is 11.9 Å². The van der Waals surface area contributed by atoms with Crippen molar-refractivity contribution in [3.8, 4) is 11.5 Å². The molecule has 0 fully saturated rings. The van der Waals surface area contributed by atoms with E-state index >= 15 is 0 Å². The Morgan fingerprint density at radius 1 is 1.45 bits per heavy atom. The maximum absolute atomic E-state index is 11.7. The third-order valence-corrected chi connectivity index (χ3v) is 3.70. The molecule has 1 atom stereocenters. The first-order valence-electron chi connectivity index (χ1n) is 6.62. The zero-order chi connectivity index (χ0) is 14.1. The van der Waals surface area contributed by atoms with Crippen LogP contribution in [0.4, 0.5) is 0 Å². The van der Waals surface area contributed by atoms with Crippen molar-refractivity contribution in [3.63, 3.8) is 0 Å². The van der Waals surface area contributed by atoms with Crippen LogP contribution >= 0.6 is 0 Å². The normalized spacial score (nSPS) is 17.6. The van der Waals surface area contributed by atoms with Gasteiger partial charge in [0.25, 0.3) is 0 Å². The fraction of sp³-hybridized carbons (Fsp3) is 0.429. The van der Waals surface area contributed by atoms with E-state index < -0.39 is 0 Å². The zero-order valence-corrected chi connectivity index (χ0v) is 11.5. The highest BCUT2D eigenvalue weighted by Crippen LogP contribution is 2.26. The van der Waals surface area contributed by atoms with Gasteiger partial charge in [-0.3, -0.25) is 9.78 Å². The van der Waals surface area contributed by atoms with Crippen LogP contribution in [0, 0.1) is 12.8 Å². The summed E-state index contributed by atoms with van der Waals surface area (Å²) >= 11 is 0. The Labute approximate surface area is 116 Å². The predicted molar refractivity (Wildman–Crippen MR) is 71.8 cm³/mol. The molecule has 20 heavy (non-hydrogen) atoms. The number of rotatable bonds is 2. The Morgan fingerprint density at radius 2 is 2.30 bits per heavy atom. The van der Waals surface area contributed by atoms with E-state index in [1.54, 1.807) is 6.20 Å². The summed E-state index contributed by atoms with van der Waals surface area (Å²) in [5.41, 5.74) is 1.86. The summed E-state index contributed by atoms with van der Waals surface area (Å²) in [6.45, 7) is 2.55. The molecule has 1 unspecified atom stereocenters. The second kappa shape index (κ2) is 5.03. The number of aromatic nitrogens is 4. The van der Waals surface area contributed by atoms with Gasteiger partial charge in [-0.1, -0.05) is 6.07 Å². The lowest BCUT2D eigenvalue weighted by Gasteiger charge is -2.22. The summed E-state index contributed by atoms with van der Waals surface area (Å²) in [6, 6.07) is 3.88. The number of carbonyl (C=O) groups is 1. The quantitative estimate of drug-likeness (QED) is 0.772. The molecule has 3 rings (SSSR count). The van der Waals surface area contributed by atoms with Crippen molar-refractivity contribution < 1.29 is 9.53 Å². The van der Waals surface area contributed by atoms with Crippen molar-refractivity contribution in [2.75, 3.05) is 7.11 Å². The van der Waals surface area contributed by atoms with E-state index in [4.69, 9.17) is 4.74 Å². The van der Waals surface area contributed by atoms with E-state index in [9.17, 15) is 4.79 Å². The van der Waals surface area contributed by atoms with Crippen LogP contribution in [-0.4, -0.2) is 32.8 Å². The summed E-state index contributed by atoms with van der Waals surface area (Å²) in [6.07, 6.45) is 3.23. The van der Waals surface area contributed by atoms with Crippen LogP contribution in [0.3, 0.4) is 0 Å². The number of nitrogens with zero attached hydrogens (tertiary/aromatic N) is 4. The lowest BCUT2D eigenvalue weighted by Crippen LogP contribution is -2.28. The fourth-order valence-corrected chi connectivity index (χ4v) is 2.58. The number of hydrogen-bond acceptors (Lipinski definition) is 5. The van der Waals surface area contributed by atoms with E-state index in [0.717, 1.165) is 35.7 Å². The Hall–Kier alpha value is -2.24. The van der Waals surface area contributed by atoms with E-state index in [1.807, 2.05) is 23.6 Å². The molecule has 3 heterocycles. The van der Waals surface area contributed by atoms with Gasteiger partial charge in [0.15, 0.2) is 5.82 Å². The maximum Gasteiger partial charge on any atom is 0.310 e. The molecular weight excluding hydrogens is 256 g/mol. The Kier molecular flexibility index (Phi) is 3.22. The molecule has 0 radical (unpaired) electrons. The number of carbonyl (C=O) groups excluding carboxylic acids is 1. The monoisotopic (exact) mass is 272 g/mol. The molecule has 0 spiro atoms. The Morgan fingerprint density at radius 3 is 3.05 bits per heavy atom. The second-order valence-electron chi connectivity index (χ2n) is 4.98. The van der Waals surface area contributed by atoms with Gasteiger partial charge in [-0.05, 0) is 25.0 Å². The molecule has 1 aliphatic heterocycles. The molecule has 1 aliphatic rings. The Balaban J connectivity index is 1.99. The van der Waals surface area contributed by atoms with Gasteiger partial charge in [0, 0.05) is 19.2 Å². The highest BCUT2D eigenvalue weighted by atomic mass is 16.5. The van der Waals surface area contributed by atoms with Crippen LogP contribution in [0.2, 0.25) is 0 Å². The highest BCUT2D eigenvalue weighted by molar-refractivity contribution is 5.72. The number of esters is 1. The van der Waals surface area contributed by atoms with Gasteiger partial charge in [0.1, 0.15) is 11.5 Å². The molecule has 0 amide bonds. The van der Waals surface area contributed by atoms with Crippen LogP contribution in [0.25, 0.3) is 11.5 Å². The molecule has 0 aliphatic carbocycles. The van der Waals surface area contributed by atoms with Gasteiger partial charge >= 0.3 is 5.97 Å². The summed E-state index contributed by atoms with van der Waals surface area (Å²) in [5, 5.41) is 8.46.